The SMILES string of the molecule is COC(=O)Cc1nc(OC(F)(F)F)c(C(F)F)cc1F. The molecule has 1 aromatic heterocycles. The highest BCUT2D eigenvalue weighted by atomic mass is 19.4. The Morgan fingerprint density at radius 3 is 2.45 bits per heavy atom. The predicted molar refractivity (Wildman–Crippen MR) is 51.6 cm³/mol. The van der Waals surface area contributed by atoms with Crippen molar-refractivity contribution in [3.63, 3.8) is 0 Å². The number of ether oxygens (including phenoxy) is 2. The average Bonchev–Trinajstić information content (AvgIpc) is 2.30. The lowest BCUT2D eigenvalue weighted by atomic mass is 10.2. The van der Waals surface area contributed by atoms with E-state index in [4.69, 9.17) is 0 Å². The fourth-order valence-corrected chi connectivity index (χ4v) is 1.20. The summed E-state index contributed by atoms with van der Waals surface area (Å²) in [4.78, 5) is 13.9. The Kier molecular flexibility index (Phi) is 4.79. The number of carbonyl (C=O) groups excluding carboxylic acids is 1. The van der Waals surface area contributed by atoms with Crippen LogP contribution in [0.5, 0.6) is 5.88 Å². The van der Waals surface area contributed by atoms with E-state index in [0.717, 1.165) is 7.11 Å². The van der Waals surface area contributed by atoms with Gasteiger partial charge in [-0.05, 0) is 6.07 Å². The number of pyridine rings is 1. The van der Waals surface area contributed by atoms with Crippen LogP contribution < -0.4 is 4.74 Å². The van der Waals surface area contributed by atoms with Gasteiger partial charge in [-0.15, -0.1) is 13.2 Å². The third-order valence-electron chi connectivity index (χ3n) is 2.03. The number of hydrogen-bond acceptors (Lipinski definition) is 4. The summed E-state index contributed by atoms with van der Waals surface area (Å²) in [6.45, 7) is 0. The third kappa shape index (κ3) is 4.28. The molecule has 0 radical (unpaired) electrons. The maximum Gasteiger partial charge on any atom is 0.574 e. The van der Waals surface area contributed by atoms with Crippen LogP contribution in [0.25, 0.3) is 0 Å². The zero-order valence-electron chi connectivity index (χ0n) is 9.80. The highest BCUT2D eigenvalue weighted by Crippen LogP contribution is 2.32. The first-order valence-electron chi connectivity index (χ1n) is 4.94. The Labute approximate surface area is 108 Å². The Bertz CT molecular complexity index is 503. The van der Waals surface area contributed by atoms with Crippen molar-refractivity contribution < 1.29 is 40.6 Å². The minimum absolute atomic E-state index is 0.136. The van der Waals surface area contributed by atoms with Crippen molar-refractivity contribution in [3.05, 3.63) is 23.1 Å². The largest absolute Gasteiger partial charge is 0.574 e. The molecule has 0 amide bonds. The number of aromatic nitrogens is 1. The summed E-state index contributed by atoms with van der Waals surface area (Å²) < 4.78 is 82.0. The molecule has 0 bridgehead atoms. The molecule has 0 atom stereocenters. The molecule has 4 nitrogen and oxygen atoms in total. The molecule has 1 rings (SSSR count). The van der Waals surface area contributed by atoms with E-state index in [1.807, 2.05) is 0 Å². The fourth-order valence-electron chi connectivity index (χ4n) is 1.20. The highest BCUT2D eigenvalue weighted by Gasteiger charge is 2.35. The number of alkyl halides is 5. The van der Waals surface area contributed by atoms with E-state index in [1.165, 1.54) is 0 Å². The van der Waals surface area contributed by atoms with Crippen LogP contribution in [0, 0.1) is 5.82 Å². The van der Waals surface area contributed by atoms with Crippen molar-refractivity contribution in [1.29, 1.82) is 0 Å². The molecule has 0 saturated carbocycles. The number of hydrogen-bond donors (Lipinski definition) is 0. The maximum atomic E-state index is 13.4. The van der Waals surface area contributed by atoms with Crippen LogP contribution >= 0.6 is 0 Å². The van der Waals surface area contributed by atoms with Crippen LogP contribution in [-0.4, -0.2) is 24.4 Å². The van der Waals surface area contributed by atoms with E-state index >= 15 is 0 Å². The Balaban J connectivity index is 3.23. The number of methoxy groups -OCH3 is 1. The van der Waals surface area contributed by atoms with Crippen molar-refractivity contribution in [3.8, 4) is 5.88 Å². The van der Waals surface area contributed by atoms with Gasteiger partial charge in [-0.2, -0.15) is 0 Å². The number of nitrogens with zero attached hydrogens (tertiary/aromatic N) is 1. The smallest absolute Gasteiger partial charge is 0.469 e. The molecule has 0 aliphatic heterocycles. The lowest BCUT2D eigenvalue weighted by molar-refractivity contribution is -0.276. The summed E-state index contributed by atoms with van der Waals surface area (Å²) in [5.74, 6) is -3.87. The van der Waals surface area contributed by atoms with E-state index in [9.17, 15) is 31.1 Å². The quantitative estimate of drug-likeness (QED) is 0.634. The lowest BCUT2D eigenvalue weighted by Crippen LogP contribution is -2.20. The molecular weight excluding hydrogens is 296 g/mol. The zero-order chi connectivity index (χ0) is 15.5. The van der Waals surface area contributed by atoms with Crippen molar-refractivity contribution in [1.82, 2.24) is 4.98 Å². The number of rotatable bonds is 4. The Morgan fingerprint density at radius 2 is 2.00 bits per heavy atom. The molecule has 1 aromatic rings. The standard InChI is InChI=1S/C10H7F6NO3/c1-19-7(18)3-6-5(11)2-4(8(12)13)9(17-6)20-10(14,15)16/h2,8H,3H2,1H3. The van der Waals surface area contributed by atoms with E-state index in [-0.39, 0.29) is 6.07 Å². The minimum atomic E-state index is -5.28. The van der Waals surface area contributed by atoms with Crippen molar-refractivity contribution in [2.45, 2.75) is 19.2 Å². The van der Waals surface area contributed by atoms with E-state index in [1.54, 1.807) is 0 Å². The maximum absolute atomic E-state index is 13.4. The average molecular weight is 303 g/mol. The van der Waals surface area contributed by atoms with E-state index < -0.39 is 48.1 Å². The molecule has 0 spiro atoms. The number of carbonyl (C=O) groups is 1. The van der Waals surface area contributed by atoms with Gasteiger partial charge in [0.15, 0.2) is 0 Å². The molecule has 0 saturated heterocycles. The van der Waals surface area contributed by atoms with Crippen LogP contribution in [0.1, 0.15) is 17.7 Å². The predicted octanol–water partition coefficient (Wildman–Crippen LogP) is 2.77. The Morgan fingerprint density at radius 1 is 1.40 bits per heavy atom. The topological polar surface area (TPSA) is 48.4 Å². The van der Waals surface area contributed by atoms with Crippen LogP contribution in [0.15, 0.2) is 6.07 Å². The molecule has 0 unspecified atom stereocenters. The van der Waals surface area contributed by atoms with Gasteiger partial charge in [0.2, 0.25) is 5.88 Å². The van der Waals surface area contributed by atoms with Crippen molar-refractivity contribution in [2.24, 2.45) is 0 Å². The summed E-state index contributed by atoms with van der Waals surface area (Å²) in [5, 5.41) is 0. The molecule has 20 heavy (non-hydrogen) atoms. The third-order valence-corrected chi connectivity index (χ3v) is 2.03. The van der Waals surface area contributed by atoms with E-state index in [0.29, 0.717) is 0 Å². The zero-order valence-corrected chi connectivity index (χ0v) is 9.80. The Hall–Kier alpha value is -2.00. The van der Waals surface area contributed by atoms with Gasteiger partial charge in [0.25, 0.3) is 6.43 Å². The second kappa shape index (κ2) is 5.97. The normalized spacial score (nSPS) is 11.6. The number of esters is 1. The van der Waals surface area contributed by atoms with Gasteiger partial charge in [-0.1, -0.05) is 0 Å². The molecule has 0 N–H and O–H groups in total. The van der Waals surface area contributed by atoms with Crippen molar-refractivity contribution in [2.75, 3.05) is 7.11 Å². The second-order valence-corrected chi connectivity index (χ2v) is 3.41. The summed E-state index contributed by atoms with van der Waals surface area (Å²) in [5.41, 5.74) is -2.16. The molecule has 0 aliphatic rings. The monoisotopic (exact) mass is 303 g/mol. The van der Waals surface area contributed by atoms with Gasteiger partial charge >= 0.3 is 12.3 Å². The van der Waals surface area contributed by atoms with Gasteiger partial charge in [0, 0.05) is 0 Å². The number of halogens is 6. The van der Waals surface area contributed by atoms with Crippen molar-refractivity contribution >= 4 is 5.97 Å². The van der Waals surface area contributed by atoms with Gasteiger partial charge in [0.1, 0.15) is 5.82 Å². The first-order valence-corrected chi connectivity index (χ1v) is 4.94. The molecule has 0 fully saturated rings. The fraction of sp³-hybridized carbons (Fsp3) is 0.400. The summed E-state index contributed by atoms with van der Waals surface area (Å²) >= 11 is 0. The highest BCUT2D eigenvalue weighted by molar-refractivity contribution is 5.71. The molecule has 0 aromatic carbocycles. The molecule has 112 valence electrons. The van der Waals surface area contributed by atoms with Gasteiger partial charge < -0.3 is 9.47 Å². The summed E-state index contributed by atoms with van der Waals surface area (Å²) in [6, 6.07) is 0.136. The van der Waals surface area contributed by atoms with Gasteiger partial charge in [-0.3, -0.25) is 4.79 Å². The van der Waals surface area contributed by atoms with Crippen LogP contribution in [-0.2, 0) is 16.0 Å². The molecule has 0 aliphatic carbocycles. The van der Waals surface area contributed by atoms with Crippen LogP contribution in [0.2, 0.25) is 0 Å². The molecule has 10 heteroatoms. The lowest BCUT2D eigenvalue weighted by Gasteiger charge is -2.13. The van der Waals surface area contributed by atoms with Gasteiger partial charge in [-0.25, -0.2) is 18.2 Å². The second-order valence-electron chi connectivity index (χ2n) is 3.41. The molecule has 1 heterocycles. The summed E-state index contributed by atoms with van der Waals surface area (Å²) in [7, 11) is 0.959. The van der Waals surface area contributed by atoms with Crippen LogP contribution in [0.3, 0.4) is 0 Å². The minimum Gasteiger partial charge on any atom is -0.469 e. The summed E-state index contributed by atoms with van der Waals surface area (Å²) in [6.07, 6.45) is -9.53. The van der Waals surface area contributed by atoms with Gasteiger partial charge in [0.05, 0.1) is 24.8 Å². The van der Waals surface area contributed by atoms with Crippen LogP contribution in [0.4, 0.5) is 26.3 Å². The molecular formula is C10H7F6NO3. The van der Waals surface area contributed by atoms with E-state index in [2.05, 4.69) is 14.5 Å². The first-order chi connectivity index (χ1) is 9.14. The first kappa shape index (κ1) is 16.1.